The molecule has 1 fully saturated rings. The van der Waals surface area contributed by atoms with Gasteiger partial charge in [-0.15, -0.1) is 0 Å². The highest BCUT2D eigenvalue weighted by Crippen LogP contribution is 2.14. The van der Waals surface area contributed by atoms with Crippen LogP contribution in [0.4, 0.5) is 0 Å². The molecule has 0 radical (unpaired) electrons. The average Bonchev–Trinajstić information content (AvgIpc) is 2.87. The fourth-order valence-corrected chi connectivity index (χ4v) is 3.12. The molecule has 0 N–H and O–H groups in total. The number of benzene rings is 1. The summed E-state index contributed by atoms with van der Waals surface area (Å²) in [5.41, 5.74) is 2.44. The van der Waals surface area contributed by atoms with Crippen LogP contribution >= 0.6 is 0 Å². The quantitative estimate of drug-likeness (QED) is 0.851. The Hall–Kier alpha value is -2.56. The number of hydrogen-bond acceptors (Lipinski definition) is 2. The molecule has 5 heteroatoms. The maximum Gasteiger partial charge on any atom is 0.255 e. The number of carbonyl (C=O) groups excluding carboxylic acids is 2. The minimum absolute atomic E-state index is 0.0424. The molecule has 0 aliphatic carbocycles. The highest BCUT2D eigenvalue weighted by molar-refractivity contribution is 5.96. The number of carbonyl (C=O) groups is 2. The van der Waals surface area contributed by atoms with E-state index < -0.39 is 0 Å². The van der Waals surface area contributed by atoms with Gasteiger partial charge in [0.2, 0.25) is 0 Å². The first kappa shape index (κ1) is 16.3. The first-order valence-corrected chi connectivity index (χ1v) is 8.32. The van der Waals surface area contributed by atoms with Gasteiger partial charge in [0, 0.05) is 51.2 Å². The van der Waals surface area contributed by atoms with Gasteiger partial charge in [-0.25, -0.2) is 0 Å². The molecule has 0 unspecified atom stereocenters. The van der Waals surface area contributed by atoms with Crippen LogP contribution in [0.2, 0.25) is 0 Å². The summed E-state index contributed by atoms with van der Waals surface area (Å²) in [5.74, 6) is 0.0999. The summed E-state index contributed by atoms with van der Waals surface area (Å²) in [6.45, 7) is 4.48. The maximum absolute atomic E-state index is 12.7. The fraction of sp³-hybridized carbons (Fsp3) is 0.368. The number of rotatable bonds is 2. The van der Waals surface area contributed by atoms with Gasteiger partial charge in [0.05, 0.1) is 5.56 Å². The van der Waals surface area contributed by atoms with Gasteiger partial charge < -0.3 is 14.4 Å². The minimum Gasteiger partial charge on any atom is -0.356 e. The van der Waals surface area contributed by atoms with Gasteiger partial charge in [0.15, 0.2) is 0 Å². The van der Waals surface area contributed by atoms with Gasteiger partial charge in [0.1, 0.15) is 0 Å². The van der Waals surface area contributed by atoms with E-state index in [4.69, 9.17) is 0 Å². The van der Waals surface area contributed by atoms with Crippen LogP contribution in [0.1, 0.15) is 32.7 Å². The third kappa shape index (κ3) is 3.35. The first-order chi connectivity index (χ1) is 11.6. The smallest absolute Gasteiger partial charge is 0.255 e. The second-order valence-corrected chi connectivity index (χ2v) is 6.32. The normalized spacial score (nSPS) is 15.2. The Labute approximate surface area is 142 Å². The van der Waals surface area contributed by atoms with E-state index in [0.717, 1.165) is 17.5 Å². The zero-order valence-electron chi connectivity index (χ0n) is 14.2. The van der Waals surface area contributed by atoms with Gasteiger partial charge in [-0.05, 0) is 31.0 Å². The predicted molar refractivity (Wildman–Crippen MR) is 93.0 cm³/mol. The van der Waals surface area contributed by atoms with E-state index in [1.807, 2.05) is 71.1 Å². The third-order valence-corrected chi connectivity index (χ3v) is 4.52. The van der Waals surface area contributed by atoms with Crippen molar-refractivity contribution in [3.8, 4) is 0 Å². The van der Waals surface area contributed by atoms with Gasteiger partial charge in [0.25, 0.3) is 11.8 Å². The lowest BCUT2D eigenvalue weighted by Gasteiger charge is -2.22. The summed E-state index contributed by atoms with van der Waals surface area (Å²) in [5, 5.41) is 0. The van der Waals surface area contributed by atoms with Gasteiger partial charge in [-0.1, -0.05) is 18.2 Å². The van der Waals surface area contributed by atoms with E-state index in [0.29, 0.717) is 31.7 Å². The van der Waals surface area contributed by atoms with Crippen LogP contribution in [-0.2, 0) is 7.05 Å². The molecule has 5 nitrogen and oxygen atoms in total. The molecule has 1 aliphatic heterocycles. The van der Waals surface area contributed by atoms with Gasteiger partial charge in [-0.2, -0.15) is 0 Å². The number of aryl methyl sites for hydroxylation is 2. The van der Waals surface area contributed by atoms with E-state index in [2.05, 4.69) is 0 Å². The average molecular weight is 325 g/mol. The fourth-order valence-electron chi connectivity index (χ4n) is 3.12. The lowest BCUT2D eigenvalue weighted by Crippen LogP contribution is -2.37. The van der Waals surface area contributed by atoms with Crippen molar-refractivity contribution in [2.45, 2.75) is 13.3 Å². The molecule has 126 valence electrons. The molecule has 1 aromatic heterocycles. The minimum atomic E-state index is 0.0424. The maximum atomic E-state index is 12.7. The van der Waals surface area contributed by atoms with Crippen molar-refractivity contribution in [1.82, 2.24) is 14.4 Å². The molecule has 0 spiro atoms. The van der Waals surface area contributed by atoms with Crippen LogP contribution in [0.3, 0.4) is 0 Å². The van der Waals surface area contributed by atoms with Crippen molar-refractivity contribution in [3.05, 3.63) is 59.4 Å². The molecule has 1 saturated heterocycles. The Morgan fingerprint density at radius 2 is 1.58 bits per heavy atom. The molecule has 2 aromatic rings. The summed E-state index contributed by atoms with van der Waals surface area (Å²) < 4.78 is 1.87. The number of aromatic nitrogens is 1. The summed E-state index contributed by atoms with van der Waals surface area (Å²) in [6, 6.07) is 9.49. The van der Waals surface area contributed by atoms with Crippen molar-refractivity contribution in [3.63, 3.8) is 0 Å². The molecule has 2 amide bonds. The number of nitrogens with zero attached hydrogens (tertiary/aromatic N) is 3. The third-order valence-electron chi connectivity index (χ3n) is 4.52. The monoisotopic (exact) mass is 325 g/mol. The summed E-state index contributed by atoms with van der Waals surface area (Å²) in [7, 11) is 1.90. The summed E-state index contributed by atoms with van der Waals surface area (Å²) in [6.07, 6.45) is 4.51. The zero-order valence-corrected chi connectivity index (χ0v) is 14.2. The molecule has 3 rings (SSSR count). The molecule has 1 aliphatic rings. The van der Waals surface area contributed by atoms with Crippen molar-refractivity contribution < 1.29 is 9.59 Å². The molecular formula is C19H23N3O2. The van der Waals surface area contributed by atoms with Crippen molar-refractivity contribution in [1.29, 1.82) is 0 Å². The molecule has 0 bridgehead atoms. The lowest BCUT2D eigenvalue weighted by atomic mass is 10.1. The number of amides is 2. The number of hydrogen-bond donors (Lipinski definition) is 0. The SMILES string of the molecule is Cc1ccccc1C(=O)N1CCCN(C(=O)c2ccn(C)c2)CC1. The Morgan fingerprint density at radius 1 is 0.917 bits per heavy atom. The predicted octanol–water partition coefficient (Wildman–Crippen LogP) is 2.32. The zero-order chi connectivity index (χ0) is 17.1. The van der Waals surface area contributed by atoms with E-state index >= 15 is 0 Å². The highest BCUT2D eigenvalue weighted by Gasteiger charge is 2.24. The van der Waals surface area contributed by atoms with Crippen molar-refractivity contribution in [2.75, 3.05) is 26.2 Å². The first-order valence-electron chi connectivity index (χ1n) is 8.32. The second kappa shape index (κ2) is 6.91. The van der Waals surface area contributed by atoms with E-state index in [1.54, 1.807) is 0 Å². The van der Waals surface area contributed by atoms with Crippen LogP contribution in [-0.4, -0.2) is 52.4 Å². The van der Waals surface area contributed by atoms with E-state index in [1.165, 1.54) is 0 Å². The van der Waals surface area contributed by atoms with Crippen LogP contribution < -0.4 is 0 Å². The highest BCUT2D eigenvalue weighted by atomic mass is 16.2. The Kier molecular flexibility index (Phi) is 4.69. The van der Waals surface area contributed by atoms with Gasteiger partial charge in [-0.3, -0.25) is 9.59 Å². The molecule has 1 aromatic carbocycles. The van der Waals surface area contributed by atoms with Crippen LogP contribution in [0.5, 0.6) is 0 Å². The Balaban J connectivity index is 1.68. The lowest BCUT2D eigenvalue weighted by molar-refractivity contribution is 0.0718. The second-order valence-electron chi connectivity index (χ2n) is 6.32. The molecule has 2 heterocycles. The van der Waals surface area contributed by atoms with Gasteiger partial charge >= 0.3 is 0 Å². The van der Waals surface area contributed by atoms with E-state index in [9.17, 15) is 9.59 Å². The molecule has 0 saturated carbocycles. The Morgan fingerprint density at radius 3 is 2.21 bits per heavy atom. The molecular weight excluding hydrogens is 302 g/mol. The topological polar surface area (TPSA) is 45.6 Å². The summed E-state index contributed by atoms with van der Waals surface area (Å²) in [4.78, 5) is 29.0. The largest absolute Gasteiger partial charge is 0.356 e. The molecule has 24 heavy (non-hydrogen) atoms. The van der Waals surface area contributed by atoms with E-state index in [-0.39, 0.29) is 11.8 Å². The molecule has 0 atom stereocenters. The van der Waals surface area contributed by atoms with Crippen LogP contribution in [0.25, 0.3) is 0 Å². The summed E-state index contributed by atoms with van der Waals surface area (Å²) >= 11 is 0. The Bertz CT molecular complexity index is 751. The van der Waals surface area contributed by atoms with Crippen LogP contribution in [0, 0.1) is 6.92 Å². The van der Waals surface area contributed by atoms with Crippen LogP contribution in [0.15, 0.2) is 42.7 Å². The standard InChI is InChI=1S/C19H23N3O2/c1-15-6-3-4-7-17(15)19(24)22-10-5-9-21(12-13-22)18(23)16-8-11-20(2)14-16/h3-4,6-8,11,14H,5,9-10,12-13H2,1-2H3. The van der Waals surface area contributed by atoms with Crippen molar-refractivity contribution >= 4 is 11.8 Å². The van der Waals surface area contributed by atoms with Crippen molar-refractivity contribution in [2.24, 2.45) is 7.05 Å².